The molecule has 0 saturated carbocycles. The Labute approximate surface area is 391 Å². The van der Waals surface area contributed by atoms with Crippen molar-refractivity contribution in [3.05, 3.63) is 161 Å². The van der Waals surface area contributed by atoms with Gasteiger partial charge in [0.05, 0.1) is 41.0 Å². The standard InChI is InChI=1S/C27H28F3NO4.C26H26F3NO3/c1-3-4-8-23(35-24-15-9-18(10-16-26(32)33)17-25(24)34-2)22-7-5-6-21(31-22)19-11-13-20(14-12-19)27(28,29)30;1-2-3-7-24(33-21-15-8-18(9-16-21)10-17-25(31)32)23-6-4-5-22(30-23)19-11-13-20(14-12-19)26(27,28)29/h5-7,9,11-15,17,23H,3-4,8,10,16H2,1-2H3,(H,32,33);4-6,8-9,11-16,24H,2-3,7,10,17H2,1H3,(H,31,32)/t23-;24-/m00/s1. The van der Waals surface area contributed by atoms with Gasteiger partial charge in [-0.2, -0.15) is 26.3 Å². The van der Waals surface area contributed by atoms with Crippen molar-refractivity contribution in [1.29, 1.82) is 0 Å². The number of ether oxygens (including phenoxy) is 3. The van der Waals surface area contributed by atoms with Crippen molar-refractivity contribution in [2.45, 2.75) is 103 Å². The predicted molar refractivity (Wildman–Crippen MR) is 246 cm³/mol. The van der Waals surface area contributed by atoms with Crippen molar-refractivity contribution < 1.29 is 60.4 Å². The van der Waals surface area contributed by atoms with Crippen LogP contribution in [0.3, 0.4) is 0 Å². The Morgan fingerprint density at radius 3 is 1.43 bits per heavy atom. The van der Waals surface area contributed by atoms with Gasteiger partial charge in [-0.1, -0.05) is 81.3 Å². The fraction of sp³-hybridized carbons (Fsp3) is 0.321. The van der Waals surface area contributed by atoms with Crippen LogP contribution in [-0.2, 0) is 34.8 Å². The minimum atomic E-state index is -4.39. The number of carboxylic acid groups (broad SMARTS) is 2. The molecule has 0 unspecified atom stereocenters. The SMILES string of the molecule is CCCC[C@H](Oc1ccc(CCC(=O)O)cc1)c1cccc(-c2ccc(C(F)(F)F)cc2)n1.CCCC[C@H](Oc1ccc(CCC(=O)O)cc1OC)c1cccc(-c2ccc(C(F)(F)F)cc2)n1. The Kier molecular flexibility index (Phi) is 19.0. The molecular weight excluding hydrogens is 891 g/mol. The number of aromatic nitrogens is 2. The Morgan fingerprint density at radius 1 is 0.559 bits per heavy atom. The number of carboxylic acids is 2. The van der Waals surface area contributed by atoms with Crippen molar-refractivity contribution in [1.82, 2.24) is 9.97 Å². The molecule has 0 bridgehead atoms. The summed E-state index contributed by atoms with van der Waals surface area (Å²) in [5.74, 6) is -0.0588. The summed E-state index contributed by atoms with van der Waals surface area (Å²) in [6.07, 6.45) is -3.42. The van der Waals surface area contributed by atoms with E-state index in [9.17, 15) is 35.9 Å². The summed E-state index contributed by atoms with van der Waals surface area (Å²) in [4.78, 5) is 31.0. The van der Waals surface area contributed by atoms with E-state index in [0.29, 0.717) is 70.4 Å². The summed E-state index contributed by atoms with van der Waals surface area (Å²) < 4.78 is 95.3. The van der Waals surface area contributed by atoms with Gasteiger partial charge < -0.3 is 24.4 Å². The zero-order valence-corrected chi connectivity index (χ0v) is 37.9. The maximum absolute atomic E-state index is 12.9. The van der Waals surface area contributed by atoms with Crippen molar-refractivity contribution >= 4 is 11.9 Å². The molecule has 0 saturated heterocycles. The van der Waals surface area contributed by atoms with Crippen LogP contribution in [0.4, 0.5) is 26.3 Å². The fourth-order valence-corrected chi connectivity index (χ4v) is 7.08. The molecule has 360 valence electrons. The van der Waals surface area contributed by atoms with E-state index in [1.807, 2.05) is 54.6 Å². The summed E-state index contributed by atoms with van der Waals surface area (Å²) >= 11 is 0. The van der Waals surface area contributed by atoms with Crippen LogP contribution in [0.15, 0.2) is 127 Å². The average molecular weight is 945 g/mol. The minimum absolute atomic E-state index is 0.0170. The van der Waals surface area contributed by atoms with Gasteiger partial charge in [-0.3, -0.25) is 9.59 Å². The molecule has 0 aliphatic heterocycles. The maximum Gasteiger partial charge on any atom is 0.416 e. The van der Waals surface area contributed by atoms with Gasteiger partial charge in [-0.15, -0.1) is 0 Å². The fourth-order valence-electron chi connectivity index (χ4n) is 7.08. The molecule has 2 heterocycles. The Hall–Kier alpha value is -6.90. The maximum atomic E-state index is 12.9. The third-order valence-corrected chi connectivity index (χ3v) is 10.8. The lowest BCUT2D eigenvalue weighted by atomic mass is 10.0. The number of alkyl halides is 6. The molecule has 6 aromatic rings. The molecule has 4 aromatic carbocycles. The second-order valence-corrected chi connectivity index (χ2v) is 16.0. The molecule has 2 N–H and O–H groups in total. The number of rotatable bonds is 21. The van der Waals surface area contributed by atoms with E-state index in [1.165, 1.54) is 31.4 Å². The molecule has 0 radical (unpaired) electrons. The lowest BCUT2D eigenvalue weighted by Crippen LogP contribution is -2.11. The van der Waals surface area contributed by atoms with Crippen LogP contribution < -0.4 is 14.2 Å². The smallest absolute Gasteiger partial charge is 0.416 e. The van der Waals surface area contributed by atoms with Crippen molar-refractivity contribution in [3.63, 3.8) is 0 Å². The Morgan fingerprint density at radius 2 is 1.00 bits per heavy atom. The second-order valence-electron chi connectivity index (χ2n) is 16.0. The third-order valence-electron chi connectivity index (χ3n) is 10.8. The summed E-state index contributed by atoms with van der Waals surface area (Å²) in [5, 5.41) is 17.8. The first-order valence-electron chi connectivity index (χ1n) is 22.3. The number of hydrogen-bond acceptors (Lipinski definition) is 7. The van der Waals surface area contributed by atoms with Crippen LogP contribution in [-0.4, -0.2) is 39.2 Å². The summed E-state index contributed by atoms with van der Waals surface area (Å²) in [5.41, 5.74) is 4.01. The number of aliphatic carboxylic acids is 2. The van der Waals surface area contributed by atoms with Crippen LogP contribution in [0.2, 0.25) is 0 Å². The van der Waals surface area contributed by atoms with Gasteiger partial charge in [0.1, 0.15) is 18.0 Å². The monoisotopic (exact) mass is 944 g/mol. The van der Waals surface area contributed by atoms with Crippen molar-refractivity contribution in [2.24, 2.45) is 0 Å². The molecule has 0 spiro atoms. The van der Waals surface area contributed by atoms with Crippen molar-refractivity contribution in [3.8, 4) is 39.8 Å². The molecule has 6 rings (SSSR count). The van der Waals surface area contributed by atoms with Crippen LogP contribution >= 0.6 is 0 Å². The van der Waals surface area contributed by atoms with Crippen LogP contribution in [0.25, 0.3) is 22.5 Å². The number of methoxy groups -OCH3 is 1. The molecule has 0 aliphatic carbocycles. The van der Waals surface area contributed by atoms with Crippen LogP contribution in [0.5, 0.6) is 17.2 Å². The summed E-state index contributed by atoms with van der Waals surface area (Å²) in [6, 6.07) is 33.4. The average Bonchev–Trinajstić information content (AvgIpc) is 3.33. The molecule has 2 atom stereocenters. The number of halogens is 6. The second kappa shape index (κ2) is 24.7. The van der Waals surface area contributed by atoms with Crippen molar-refractivity contribution in [2.75, 3.05) is 7.11 Å². The summed E-state index contributed by atoms with van der Waals surface area (Å²) in [6.45, 7) is 4.15. The summed E-state index contributed by atoms with van der Waals surface area (Å²) in [7, 11) is 1.52. The molecule has 15 heteroatoms. The molecular formula is C53H54F6N2O7. The highest BCUT2D eigenvalue weighted by Gasteiger charge is 2.31. The quantitative estimate of drug-likeness (QED) is 0.0678. The highest BCUT2D eigenvalue weighted by atomic mass is 19.4. The topological polar surface area (TPSA) is 128 Å². The number of aryl methyl sites for hydroxylation is 2. The largest absolute Gasteiger partial charge is 0.493 e. The van der Waals surface area contributed by atoms with E-state index >= 15 is 0 Å². The number of hydrogen-bond donors (Lipinski definition) is 2. The van der Waals surface area contributed by atoms with Gasteiger partial charge in [0.25, 0.3) is 0 Å². The van der Waals surface area contributed by atoms with Crippen LogP contribution in [0, 0.1) is 0 Å². The number of nitrogens with zero attached hydrogens (tertiary/aromatic N) is 2. The highest BCUT2D eigenvalue weighted by Crippen LogP contribution is 2.36. The van der Waals surface area contributed by atoms with E-state index in [1.54, 1.807) is 24.3 Å². The van der Waals surface area contributed by atoms with Gasteiger partial charge in [0.15, 0.2) is 11.5 Å². The third kappa shape index (κ3) is 15.9. The first kappa shape index (κ1) is 52.1. The van der Waals surface area contributed by atoms with Gasteiger partial charge in [-0.05, 0) is 122 Å². The zero-order valence-electron chi connectivity index (χ0n) is 37.9. The van der Waals surface area contributed by atoms with Gasteiger partial charge in [0, 0.05) is 24.0 Å². The zero-order chi connectivity index (χ0) is 49.3. The predicted octanol–water partition coefficient (Wildman–Crippen LogP) is 14.2. The van der Waals surface area contributed by atoms with E-state index in [4.69, 9.17) is 29.4 Å². The molecule has 68 heavy (non-hydrogen) atoms. The number of pyridine rings is 2. The number of unbranched alkanes of at least 4 members (excludes halogenated alkanes) is 2. The van der Waals surface area contributed by atoms with E-state index in [2.05, 4.69) is 18.8 Å². The lowest BCUT2D eigenvalue weighted by molar-refractivity contribution is -0.138. The van der Waals surface area contributed by atoms with E-state index in [-0.39, 0.29) is 18.9 Å². The Balaban J connectivity index is 0.000000255. The molecule has 0 amide bonds. The Bertz CT molecular complexity index is 2530. The lowest BCUT2D eigenvalue weighted by Gasteiger charge is -2.21. The minimum Gasteiger partial charge on any atom is -0.493 e. The highest BCUT2D eigenvalue weighted by molar-refractivity contribution is 5.67. The molecule has 0 aliphatic rings. The number of carbonyl (C=O) groups is 2. The van der Waals surface area contributed by atoms with Gasteiger partial charge >= 0.3 is 24.3 Å². The first-order chi connectivity index (χ1) is 32.5. The van der Waals surface area contributed by atoms with Gasteiger partial charge in [-0.25, -0.2) is 9.97 Å². The molecule has 2 aromatic heterocycles. The molecule has 0 fully saturated rings. The number of benzene rings is 4. The normalized spacial score (nSPS) is 12.3. The van der Waals surface area contributed by atoms with Gasteiger partial charge in [0.2, 0.25) is 0 Å². The molecule has 9 nitrogen and oxygen atoms in total. The van der Waals surface area contributed by atoms with Crippen LogP contribution in [0.1, 0.15) is 111 Å². The first-order valence-corrected chi connectivity index (χ1v) is 22.3. The van der Waals surface area contributed by atoms with E-state index in [0.717, 1.165) is 67.5 Å². The van der Waals surface area contributed by atoms with E-state index < -0.39 is 41.5 Å².